The molecule has 2 amide bonds. The number of nitrogens with one attached hydrogen (secondary N) is 1. The van der Waals surface area contributed by atoms with Crippen molar-refractivity contribution in [1.29, 1.82) is 0 Å². The molecule has 30 heavy (non-hydrogen) atoms. The fourth-order valence-electron chi connectivity index (χ4n) is 3.94. The average molecular weight is 406 g/mol. The number of aromatic nitrogens is 3. The highest BCUT2D eigenvalue weighted by Gasteiger charge is 2.18. The number of fused-ring (bicyclic) bond motifs is 1. The lowest BCUT2D eigenvalue weighted by Gasteiger charge is -2.20. The van der Waals surface area contributed by atoms with Crippen LogP contribution in [-0.4, -0.2) is 44.3 Å². The van der Waals surface area contributed by atoms with Gasteiger partial charge < -0.3 is 14.8 Å². The lowest BCUT2D eigenvalue weighted by molar-refractivity contribution is -0.131. The van der Waals surface area contributed by atoms with Crippen molar-refractivity contribution in [3.63, 3.8) is 0 Å². The van der Waals surface area contributed by atoms with Crippen molar-refractivity contribution in [2.24, 2.45) is 0 Å². The third-order valence-corrected chi connectivity index (χ3v) is 5.55. The van der Waals surface area contributed by atoms with Crippen molar-refractivity contribution in [3.8, 4) is 0 Å². The third-order valence-electron chi connectivity index (χ3n) is 5.55. The highest BCUT2D eigenvalue weighted by molar-refractivity contribution is 5.92. The Labute approximate surface area is 176 Å². The molecule has 4 rings (SSSR count). The first-order valence-corrected chi connectivity index (χ1v) is 10.6. The lowest BCUT2D eigenvalue weighted by atomic mass is 10.2. The molecule has 0 aliphatic carbocycles. The standard InChI is InChI=1S/C23H27N5O2/c29-22(27-14-7-1-2-8-15-27)12-16-28-20-11-4-3-9-18(20)26-21(28)17-25-23(30)19-10-5-6-13-24-19/h3-6,9-11,13H,1-2,7-8,12,14-17H2,(H,25,30). The summed E-state index contributed by atoms with van der Waals surface area (Å²) < 4.78 is 2.05. The molecule has 3 aromatic rings. The van der Waals surface area contributed by atoms with Gasteiger partial charge in [-0.3, -0.25) is 14.6 Å². The molecule has 1 fully saturated rings. The number of rotatable bonds is 6. The summed E-state index contributed by atoms with van der Waals surface area (Å²) in [7, 11) is 0. The van der Waals surface area contributed by atoms with Gasteiger partial charge in [0.1, 0.15) is 11.5 Å². The molecule has 0 saturated carbocycles. The van der Waals surface area contributed by atoms with Crippen LogP contribution >= 0.6 is 0 Å². The minimum atomic E-state index is -0.241. The molecule has 1 N–H and O–H groups in total. The normalized spacial score (nSPS) is 14.5. The number of amides is 2. The predicted octanol–water partition coefficient (Wildman–Crippen LogP) is 3.15. The predicted molar refractivity (Wildman–Crippen MR) is 115 cm³/mol. The lowest BCUT2D eigenvalue weighted by Crippen LogP contribution is -2.32. The summed E-state index contributed by atoms with van der Waals surface area (Å²) in [6, 6.07) is 13.1. The van der Waals surface area contributed by atoms with E-state index in [1.165, 1.54) is 12.8 Å². The second kappa shape index (κ2) is 9.52. The second-order valence-corrected chi connectivity index (χ2v) is 7.61. The fraction of sp³-hybridized carbons (Fsp3) is 0.391. The SMILES string of the molecule is O=C(NCc1nc2ccccc2n1CCC(=O)N1CCCCCC1)c1ccccn1. The number of para-hydroxylation sites is 2. The number of nitrogens with zero attached hydrogens (tertiary/aromatic N) is 4. The van der Waals surface area contributed by atoms with Gasteiger partial charge in [-0.05, 0) is 37.1 Å². The van der Waals surface area contributed by atoms with Crippen LogP contribution in [0, 0.1) is 0 Å². The highest BCUT2D eigenvalue weighted by atomic mass is 16.2. The molecule has 0 unspecified atom stereocenters. The number of likely N-dealkylation sites (tertiary alicyclic amines) is 1. The molecular weight excluding hydrogens is 378 g/mol. The maximum atomic E-state index is 12.8. The zero-order valence-electron chi connectivity index (χ0n) is 17.1. The van der Waals surface area contributed by atoms with E-state index < -0.39 is 0 Å². The number of carbonyl (C=O) groups is 2. The number of benzene rings is 1. The third kappa shape index (κ3) is 4.67. The Balaban J connectivity index is 1.47. The highest BCUT2D eigenvalue weighted by Crippen LogP contribution is 2.18. The van der Waals surface area contributed by atoms with E-state index in [4.69, 9.17) is 0 Å². The monoisotopic (exact) mass is 405 g/mol. The molecule has 1 aliphatic rings. The van der Waals surface area contributed by atoms with Gasteiger partial charge in [0, 0.05) is 32.3 Å². The quantitative estimate of drug-likeness (QED) is 0.683. The van der Waals surface area contributed by atoms with Crippen LogP contribution in [0.25, 0.3) is 11.0 Å². The van der Waals surface area contributed by atoms with Crippen LogP contribution in [-0.2, 0) is 17.9 Å². The molecule has 1 aromatic carbocycles. The van der Waals surface area contributed by atoms with E-state index in [1.807, 2.05) is 33.7 Å². The average Bonchev–Trinajstić information content (AvgIpc) is 2.93. The molecule has 1 saturated heterocycles. The molecule has 156 valence electrons. The number of imidazole rings is 1. The fourth-order valence-corrected chi connectivity index (χ4v) is 3.94. The van der Waals surface area contributed by atoms with Crippen molar-refractivity contribution >= 4 is 22.8 Å². The molecule has 1 aliphatic heterocycles. The molecule has 7 nitrogen and oxygen atoms in total. The summed E-state index contributed by atoms with van der Waals surface area (Å²) in [4.78, 5) is 35.9. The minimum Gasteiger partial charge on any atom is -0.343 e. The molecule has 3 heterocycles. The van der Waals surface area contributed by atoms with Crippen LogP contribution in [0.1, 0.15) is 48.4 Å². The van der Waals surface area contributed by atoms with E-state index in [1.54, 1.807) is 24.4 Å². The smallest absolute Gasteiger partial charge is 0.270 e. The van der Waals surface area contributed by atoms with Gasteiger partial charge in [0.25, 0.3) is 5.91 Å². The maximum absolute atomic E-state index is 12.8. The minimum absolute atomic E-state index is 0.193. The van der Waals surface area contributed by atoms with Crippen molar-refractivity contribution in [2.45, 2.75) is 45.2 Å². The van der Waals surface area contributed by atoms with Crippen molar-refractivity contribution in [1.82, 2.24) is 24.8 Å². The van der Waals surface area contributed by atoms with E-state index >= 15 is 0 Å². The Morgan fingerprint density at radius 2 is 1.73 bits per heavy atom. The van der Waals surface area contributed by atoms with Crippen LogP contribution in [0.4, 0.5) is 0 Å². The Bertz CT molecular complexity index is 1010. The van der Waals surface area contributed by atoms with Crippen molar-refractivity contribution in [2.75, 3.05) is 13.1 Å². The van der Waals surface area contributed by atoms with Gasteiger partial charge in [0.2, 0.25) is 5.91 Å². The number of aryl methyl sites for hydroxylation is 1. The van der Waals surface area contributed by atoms with Gasteiger partial charge >= 0.3 is 0 Å². The first-order valence-electron chi connectivity index (χ1n) is 10.6. The van der Waals surface area contributed by atoms with E-state index in [0.29, 0.717) is 18.7 Å². The summed E-state index contributed by atoms with van der Waals surface area (Å²) in [5.41, 5.74) is 2.21. The summed E-state index contributed by atoms with van der Waals surface area (Å²) in [5.74, 6) is 0.692. The van der Waals surface area contributed by atoms with Gasteiger partial charge in [0.15, 0.2) is 0 Å². The summed E-state index contributed by atoms with van der Waals surface area (Å²) >= 11 is 0. The molecule has 0 spiro atoms. The zero-order chi connectivity index (χ0) is 20.8. The first kappa shape index (κ1) is 20.1. The zero-order valence-corrected chi connectivity index (χ0v) is 17.1. The first-order chi connectivity index (χ1) is 14.7. The summed E-state index contributed by atoms with van der Waals surface area (Å²) in [6.07, 6.45) is 6.61. The molecule has 0 atom stereocenters. The molecule has 0 radical (unpaired) electrons. The Morgan fingerprint density at radius 1 is 0.967 bits per heavy atom. The summed E-state index contributed by atoms with van der Waals surface area (Å²) in [5, 5.41) is 2.90. The van der Waals surface area contributed by atoms with Crippen LogP contribution in [0.3, 0.4) is 0 Å². The number of hydrogen-bond donors (Lipinski definition) is 1. The topological polar surface area (TPSA) is 80.1 Å². The number of pyridine rings is 1. The number of carbonyl (C=O) groups excluding carboxylic acids is 2. The van der Waals surface area contributed by atoms with E-state index in [9.17, 15) is 9.59 Å². The van der Waals surface area contributed by atoms with Gasteiger partial charge in [-0.2, -0.15) is 0 Å². The van der Waals surface area contributed by atoms with Gasteiger partial charge in [0.05, 0.1) is 17.6 Å². The Kier molecular flexibility index (Phi) is 6.37. The summed E-state index contributed by atoms with van der Waals surface area (Å²) in [6.45, 7) is 2.54. The van der Waals surface area contributed by atoms with Crippen LogP contribution < -0.4 is 5.32 Å². The second-order valence-electron chi connectivity index (χ2n) is 7.61. The molecule has 2 aromatic heterocycles. The van der Waals surface area contributed by atoms with Crippen molar-refractivity contribution < 1.29 is 9.59 Å². The molecular formula is C23H27N5O2. The molecule has 0 bridgehead atoms. The van der Waals surface area contributed by atoms with Crippen LogP contribution in [0.15, 0.2) is 48.7 Å². The van der Waals surface area contributed by atoms with Gasteiger partial charge in [-0.1, -0.05) is 31.0 Å². The van der Waals surface area contributed by atoms with Gasteiger partial charge in [-0.25, -0.2) is 4.98 Å². The molecule has 7 heteroatoms. The Morgan fingerprint density at radius 3 is 2.50 bits per heavy atom. The Hall–Kier alpha value is -3.22. The van der Waals surface area contributed by atoms with Crippen molar-refractivity contribution in [3.05, 3.63) is 60.2 Å². The maximum Gasteiger partial charge on any atom is 0.270 e. The van der Waals surface area contributed by atoms with E-state index in [-0.39, 0.29) is 18.4 Å². The van der Waals surface area contributed by atoms with Gasteiger partial charge in [-0.15, -0.1) is 0 Å². The van der Waals surface area contributed by atoms with Crippen LogP contribution in [0.5, 0.6) is 0 Å². The largest absolute Gasteiger partial charge is 0.343 e. The van der Waals surface area contributed by atoms with E-state index in [0.717, 1.165) is 42.8 Å². The van der Waals surface area contributed by atoms with E-state index in [2.05, 4.69) is 15.3 Å². The van der Waals surface area contributed by atoms with Crippen LogP contribution in [0.2, 0.25) is 0 Å². The number of hydrogen-bond acceptors (Lipinski definition) is 4.